The molecule has 150 valence electrons. The lowest BCUT2D eigenvalue weighted by Gasteiger charge is -2.28. The van der Waals surface area contributed by atoms with Crippen molar-refractivity contribution in [2.75, 3.05) is 13.2 Å². The van der Waals surface area contributed by atoms with Crippen molar-refractivity contribution in [3.8, 4) is 5.75 Å². The number of aryl methyl sites for hydroxylation is 1. The Balaban J connectivity index is 1.64. The van der Waals surface area contributed by atoms with E-state index in [1.807, 2.05) is 17.0 Å². The first-order valence-corrected chi connectivity index (χ1v) is 9.95. The molecule has 1 aliphatic rings. The van der Waals surface area contributed by atoms with Gasteiger partial charge >= 0.3 is 0 Å². The highest BCUT2D eigenvalue weighted by Gasteiger charge is 2.29. The van der Waals surface area contributed by atoms with Gasteiger partial charge in [0.2, 0.25) is 5.91 Å². The fourth-order valence-electron chi connectivity index (χ4n) is 3.60. The Labute approximate surface area is 165 Å². The van der Waals surface area contributed by atoms with E-state index in [0.29, 0.717) is 12.3 Å². The van der Waals surface area contributed by atoms with Crippen molar-refractivity contribution in [2.24, 2.45) is 5.73 Å². The summed E-state index contributed by atoms with van der Waals surface area (Å²) in [5.74, 6) is 1.99. The molecule has 0 radical (unpaired) electrons. The highest BCUT2D eigenvalue weighted by molar-refractivity contribution is 5.78. The van der Waals surface area contributed by atoms with Gasteiger partial charge < -0.3 is 19.8 Å². The first-order valence-electron chi connectivity index (χ1n) is 9.95. The van der Waals surface area contributed by atoms with Crippen LogP contribution in [0.4, 0.5) is 0 Å². The number of likely N-dealkylation sites (tertiary alicyclic amines) is 1. The second-order valence-electron chi connectivity index (χ2n) is 7.19. The summed E-state index contributed by atoms with van der Waals surface area (Å²) in [4.78, 5) is 25.8. The minimum absolute atomic E-state index is 0.0208. The molecule has 6 nitrogen and oxygen atoms in total. The fraction of sp³-hybridized carbons (Fsp3) is 0.455. The third kappa shape index (κ3) is 5.15. The van der Waals surface area contributed by atoms with E-state index in [2.05, 4.69) is 6.92 Å². The first-order chi connectivity index (χ1) is 13.6. The van der Waals surface area contributed by atoms with Crippen molar-refractivity contribution in [1.82, 2.24) is 4.90 Å². The molecule has 0 aliphatic carbocycles. The number of nitrogens with zero attached hydrogens (tertiary/aromatic N) is 1. The molecule has 1 atom stereocenters. The summed E-state index contributed by atoms with van der Waals surface area (Å²) in [6.45, 7) is 2.75. The Kier molecular flexibility index (Phi) is 6.74. The maximum Gasteiger partial charge on any atom is 0.261 e. The van der Waals surface area contributed by atoms with Crippen LogP contribution >= 0.6 is 0 Å². The van der Waals surface area contributed by atoms with Crippen LogP contribution in [0.25, 0.3) is 0 Å². The van der Waals surface area contributed by atoms with Gasteiger partial charge in [0, 0.05) is 13.0 Å². The van der Waals surface area contributed by atoms with Crippen molar-refractivity contribution in [3.63, 3.8) is 0 Å². The van der Waals surface area contributed by atoms with E-state index in [1.54, 1.807) is 24.3 Å². The van der Waals surface area contributed by atoms with E-state index < -0.39 is 0 Å². The maximum absolute atomic E-state index is 12.9. The summed E-state index contributed by atoms with van der Waals surface area (Å²) in [5.41, 5.74) is 6.02. The van der Waals surface area contributed by atoms with E-state index in [0.717, 1.165) is 49.2 Å². The topological polar surface area (TPSA) is 85.8 Å². The van der Waals surface area contributed by atoms with Crippen LogP contribution in [0, 0.1) is 0 Å². The van der Waals surface area contributed by atoms with Crippen LogP contribution < -0.4 is 10.5 Å². The van der Waals surface area contributed by atoms with Crippen LogP contribution in [0.5, 0.6) is 5.75 Å². The number of hydrogen-bond acceptors (Lipinski definition) is 4. The number of rotatable bonds is 7. The molecule has 1 aliphatic heterocycles. The van der Waals surface area contributed by atoms with Crippen LogP contribution in [0.3, 0.4) is 0 Å². The first kappa shape index (κ1) is 20.0. The third-order valence-electron chi connectivity index (χ3n) is 5.10. The Hall–Kier alpha value is -2.76. The van der Waals surface area contributed by atoms with Gasteiger partial charge in [0.15, 0.2) is 6.61 Å². The molecule has 6 heteroatoms. The molecule has 1 saturated heterocycles. The number of hydrogen-bond donors (Lipinski definition) is 1. The highest BCUT2D eigenvalue weighted by Crippen LogP contribution is 2.31. The van der Waals surface area contributed by atoms with Gasteiger partial charge in [-0.2, -0.15) is 0 Å². The van der Waals surface area contributed by atoms with Crippen molar-refractivity contribution in [3.05, 3.63) is 53.5 Å². The summed E-state index contributed by atoms with van der Waals surface area (Å²) in [7, 11) is 0. The molecule has 1 unspecified atom stereocenters. The number of furan rings is 1. The molecule has 2 heterocycles. The van der Waals surface area contributed by atoms with Crippen LogP contribution in [0.1, 0.15) is 55.7 Å². The van der Waals surface area contributed by atoms with Gasteiger partial charge in [-0.05, 0) is 42.7 Å². The molecule has 1 aromatic heterocycles. The summed E-state index contributed by atoms with van der Waals surface area (Å²) >= 11 is 0. The summed E-state index contributed by atoms with van der Waals surface area (Å²) in [5, 5.41) is 0. The zero-order valence-corrected chi connectivity index (χ0v) is 16.4. The number of nitrogens with two attached hydrogens (primary N) is 1. The molecule has 1 aromatic carbocycles. The smallest absolute Gasteiger partial charge is 0.261 e. The quantitative estimate of drug-likeness (QED) is 0.793. The van der Waals surface area contributed by atoms with E-state index in [-0.39, 0.29) is 30.9 Å². The molecule has 1 fully saturated rings. The lowest BCUT2D eigenvalue weighted by Crippen LogP contribution is -2.37. The number of carbonyl (C=O) groups excluding carboxylic acids is 2. The van der Waals surface area contributed by atoms with Gasteiger partial charge in [-0.3, -0.25) is 9.59 Å². The summed E-state index contributed by atoms with van der Waals surface area (Å²) in [6.07, 6.45) is 5.13. The largest absolute Gasteiger partial charge is 0.484 e. The fourth-order valence-corrected chi connectivity index (χ4v) is 3.60. The van der Waals surface area contributed by atoms with E-state index in [1.165, 1.54) is 0 Å². The number of ether oxygens (including phenoxy) is 1. The van der Waals surface area contributed by atoms with E-state index in [4.69, 9.17) is 14.9 Å². The molecular weight excluding hydrogens is 356 g/mol. The molecule has 28 heavy (non-hydrogen) atoms. The van der Waals surface area contributed by atoms with Gasteiger partial charge in [-0.25, -0.2) is 0 Å². The second-order valence-corrected chi connectivity index (χ2v) is 7.19. The van der Waals surface area contributed by atoms with E-state index in [9.17, 15) is 9.59 Å². The Bertz CT molecular complexity index is 797. The molecule has 2 aromatic rings. The SMILES string of the molecule is CCc1ccc(C2CCCCCN2C(=O)COc2ccc(CC(N)=O)cc2)o1. The average Bonchev–Trinajstić information content (AvgIpc) is 3.03. The summed E-state index contributed by atoms with van der Waals surface area (Å²) in [6, 6.07) is 11.0. The molecule has 2 amide bonds. The lowest BCUT2D eigenvalue weighted by molar-refractivity contribution is -0.136. The van der Waals surface area contributed by atoms with Crippen molar-refractivity contribution in [1.29, 1.82) is 0 Å². The average molecular weight is 384 g/mol. The minimum Gasteiger partial charge on any atom is -0.484 e. The zero-order chi connectivity index (χ0) is 19.9. The lowest BCUT2D eigenvalue weighted by atomic mass is 10.1. The standard InChI is InChI=1S/C22H28N2O4/c1-2-17-11-12-20(28-17)19-6-4-3-5-13-24(19)22(26)15-27-18-9-7-16(8-10-18)14-21(23)25/h7-12,19H,2-6,13-15H2,1H3,(H2,23,25). The van der Waals surface area contributed by atoms with Gasteiger partial charge in [-0.1, -0.05) is 31.9 Å². The Morgan fingerprint density at radius 1 is 1.14 bits per heavy atom. The number of amides is 2. The second kappa shape index (κ2) is 9.44. The van der Waals surface area contributed by atoms with Crippen LogP contribution in [0.2, 0.25) is 0 Å². The highest BCUT2D eigenvalue weighted by atomic mass is 16.5. The van der Waals surface area contributed by atoms with Crippen molar-refractivity contribution >= 4 is 11.8 Å². The van der Waals surface area contributed by atoms with Crippen LogP contribution in [-0.4, -0.2) is 29.9 Å². The van der Waals surface area contributed by atoms with Gasteiger partial charge in [0.1, 0.15) is 17.3 Å². The molecule has 0 spiro atoms. The normalized spacial score (nSPS) is 17.2. The monoisotopic (exact) mass is 384 g/mol. The van der Waals surface area contributed by atoms with Crippen LogP contribution in [-0.2, 0) is 22.4 Å². The van der Waals surface area contributed by atoms with Crippen LogP contribution in [0.15, 0.2) is 40.8 Å². The Morgan fingerprint density at radius 3 is 2.61 bits per heavy atom. The Morgan fingerprint density at radius 2 is 1.93 bits per heavy atom. The molecular formula is C22H28N2O4. The summed E-state index contributed by atoms with van der Waals surface area (Å²) < 4.78 is 11.6. The predicted octanol–water partition coefficient (Wildman–Crippen LogP) is 3.39. The zero-order valence-electron chi connectivity index (χ0n) is 16.4. The molecule has 2 N–H and O–H groups in total. The molecule has 3 rings (SSSR count). The molecule has 0 bridgehead atoms. The maximum atomic E-state index is 12.9. The number of primary amides is 1. The third-order valence-corrected chi connectivity index (χ3v) is 5.10. The van der Waals surface area contributed by atoms with Crippen molar-refractivity contribution < 1.29 is 18.7 Å². The number of benzene rings is 1. The van der Waals surface area contributed by atoms with Gasteiger partial charge in [0.25, 0.3) is 5.91 Å². The van der Waals surface area contributed by atoms with Gasteiger partial charge in [0.05, 0.1) is 12.5 Å². The molecule has 0 saturated carbocycles. The predicted molar refractivity (Wildman–Crippen MR) is 106 cm³/mol. The minimum atomic E-state index is -0.375. The number of carbonyl (C=O) groups is 2. The van der Waals surface area contributed by atoms with Gasteiger partial charge in [-0.15, -0.1) is 0 Å². The van der Waals surface area contributed by atoms with Crippen molar-refractivity contribution in [2.45, 2.75) is 51.5 Å². The van der Waals surface area contributed by atoms with E-state index >= 15 is 0 Å².